The second-order valence-corrected chi connectivity index (χ2v) is 7.79. The Morgan fingerprint density at radius 2 is 1.97 bits per heavy atom. The van der Waals surface area contributed by atoms with Crippen LogP contribution in [0.15, 0.2) is 48.5 Å². The fourth-order valence-electron chi connectivity index (χ4n) is 4.05. The van der Waals surface area contributed by atoms with Gasteiger partial charge in [-0.3, -0.25) is 4.79 Å². The van der Waals surface area contributed by atoms with E-state index in [-0.39, 0.29) is 12.0 Å². The third-order valence-electron chi connectivity index (χ3n) is 5.68. The number of benzene rings is 2. The Hall–Kier alpha value is -3.02. The fourth-order valence-corrected chi connectivity index (χ4v) is 4.05. The highest BCUT2D eigenvalue weighted by Crippen LogP contribution is 2.36. The highest BCUT2D eigenvalue weighted by Gasteiger charge is 2.45. The van der Waals surface area contributed by atoms with Crippen LogP contribution in [0.1, 0.15) is 30.9 Å². The number of carbonyl (C=O) groups excluding carboxylic acids is 2. The second kappa shape index (κ2) is 9.65. The Morgan fingerprint density at radius 3 is 2.70 bits per heavy atom. The van der Waals surface area contributed by atoms with Crippen LogP contribution in [-0.4, -0.2) is 43.7 Å². The van der Waals surface area contributed by atoms with Crippen LogP contribution >= 0.6 is 0 Å². The summed E-state index contributed by atoms with van der Waals surface area (Å²) in [5, 5.41) is 2.93. The maximum absolute atomic E-state index is 13.0. The van der Waals surface area contributed by atoms with E-state index in [0.717, 1.165) is 17.5 Å². The van der Waals surface area contributed by atoms with E-state index < -0.39 is 5.41 Å². The van der Waals surface area contributed by atoms with Gasteiger partial charge >= 0.3 is 12.0 Å². The van der Waals surface area contributed by atoms with Gasteiger partial charge in [0.2, 0.25) is 0 Å². The molecule has 1 saturated heterocycles. The van der Waals surface area contributed by atoms with E-state index in [4.69, 9.17) is 9.47 Å². The smallest absolute Gasteiger partial charge is 0.321 e. The molecule has 0 radical (unpaired) electrons. The lowest BCUT2D eigenvalue weighted by molar-refractivity contribution is -0.158. The molecule has 160 valence electrons. The molecule has 1 atom stereocenters. The molecule has 2 aromatic carbocycles. The van der Waals surface area contributed by atoms with Gasteiger partial charge in [0.15, 0.2) is 0 Å². The van der Waals surface area contributed by atoms with Gasteiger partial charge in [0.1, 0.15) is 5.75 Å². The highest BCUT2D eigenvalue weighted by atomic mass is 16.5. The summed E-state index contributed by atoms with van der Waals surface area (Å²) in [6, 6.07) is 15.1. The summed E-state index contributed by atoms with van der Waals surface area (Å²) in [4.78, 5) is 27.7. The SMILES string of the molecule is CCOC(=O)[C@]1(Cc2ccccc2C)CCCN(C(=O)Nc2cccc(OC)c2)C1. The lowest BCUT2D eigenvalue weighted by Crippen LogP contribution is -2.52. The zero-order chi connectivity index (χ0) is 21.6. The largest absolute Gasteiger partial charge is 0.497 e. The minimum absolute atomic E-state index is 0.221. The van der Waals surface area contributed by atoms with Crippen molar-refractivity contribution in [2.45, 2.75) is 33.1 Å². The molecule has 30 heavy (non-hydrogen) atoms. The van der Waals surface area contributed by atoms with E-state index in [1.165, 1.54) is 0 Å². The minimum atomic E-state index is -0.744. The normalized spacial score (nSPS) is 18.6. The van der Waals surface area contributed by atoms with Crippen molar-refractivity contribution in [1.82, 2.24) is 4.90 Å². The number of carbonyl (C=O) groups is 2. The molecular formula is C24H30N2O4. The summed E-state index contributed by atoms with van der Waals surface area (Å²) in [6.07, 6.45) is 2.00. The average Bonchev–Trinajstić information content (AvgIpc) is 2.76. The van der Waals surface area contributed by atoms with Gasteiger partial charge in [-0.25, -0.2) is 4.79 Å². The molecule has 0 unspecified atom stereocenters. The number of rotatable bonds is 6. The maximum atomic E-state index is 13.0. The number of amides is 2. The molecule has 2 aromatic rings. The number of nitrogens with zero attached hydrogens (tertiary/aromatic N) is 1. The molecule has 0 saturated carbocycles. The summed E-state index contributed by atoms with van der Waals surface area (Å²) < 4.78 is 10.7. The van der Waals surface area contributed by atoms with Gasteiger partial charge in [-0.05, 0) is 56.4 Å². The number of urea groups is 1. The number of hydrogen-bond donors (Lipinski definition) is 1. The van der Waals surface area contributed by atoms with Crippen LogP contribution in [0, 0.1) is 12.3 Å². The summed E-state index contributed by atoms with van der Waals surface area (Å²) in [7, 11) is 1.59. The van der Waals surface area contributed by atoms with Crippen LogP contribution in [0.3, 0.4) is 0 Å². The number of ether oxygens (including phenoxy) is 2. The first-order valence-corrected chi connectivity index (χ1v) is 10.4. The van der Waals surface area contributed by atoms with E-state index in [9.17, 15) is 9.59 Å². The quantitative estimate of drug-likeness (QED) is 0.716. The van der Waals surface area contributed by atoms with E-state index in [2.05, 4.69) is 5.32 Å². The third-order valence-corrected chi connectivity index (χ3v) is 5.68. The number of likely N-dealkylation sites (tertiary alicyclic amines) is 1. The summed E-state index contributed by atoms with van der Waals surface area (Å²) in [5.41, 5.74) is 2.16. The number of hydrogen-bond acceptors (Lipinski definition) is 4. The second-order valence-electron chi connectivity index (χ2n) is 7.79. The Morgan fingerprint density at radius 1 is 1.17 bits per heavy atom. The zero-order valence-electron chi connectivity index (χ0n) is 17.9. The molecule has 1 aliphatic heterocycles. The van der Waals surface area contributed by atoms with Crippen molar-refractivity contribution in [3.8, 4) is 5.75 Å². The predicted octanol–water partition coefficient (Wildman–Crippen LogP) is 4.42. The monoisotopic (exact) mass is 410 g/mol. The lowest BCUT2D eigenvalue weighted by atomic mass is 9.74. The molecule has 1 fully saturated rings. The zero-order valence-corrected chi connectivity index (χ0v) is 17.9. The molecule has 1 aliphatic rings. The van der Waals surface area contributed by atoms with Crippen molar-refractivity contribution in [3.63, 3.8) is 0 Å². The summed E-state index contributed by atoms with van der Waals surface area (Å²) in [6.45, 7) is 5.12. The van der Waals surface area contributed by atoms with Gasteiger partial charge in [0.05, 0.1) is 19.1 Å². The van der Waals surface area contributed by atoms with Crippen molar-refractivity contribution >= 4 is 17.7 Å². The fraction of sp³-hybridized carbons (Fsp3) is 0.417. The molecule has 1 N–H and O–H groups in total. The van der Waals surface area contributed by atoms with Crippen LogP contribution < -0.4 is 10.1 Å². The van der Waals surface area contributed by atoms with Crippen LogP contribution in [0.4, 0.5) is 10.5 Å². The van der Waals surface area contributed by atoms with Crippen LogP contribution in [0.25, 0.3) is 0 Å². The van der Waals surface area contributed by atoms with Crippen molar-refractivity contribution in [2.24, 2.45) is 5.41 Å². The van der Waals surface area contributed by atoms with Gasteiger partial charge in [-0.2, -0.15) is 0 Å². The first-order valence-electron chi connectivity index (χ1n) is 10.4. The molecule has 3 rings (SSSR count). The van der Waals surface area contributed by atoms with Crippen molar-refractivity contribution < 1.29 is 19.1 Å². The molecule has 0 spiro atoms. The Balaban J connectivity index is 1.81. The molecule has 0 bridgehead atoms. The van der Waals surface area contributed by atoms with Crippen LogP contribution in [0.5, 0.6) is 5.75 Å². The first kappa shape index (κ1) is 21.7. The van der Waals surface area contributed by atoms with Gasteiger partial charge in [-0.15, -0.1) is 0 Å². The van der Waals surface area contributed by atoms with Crippen LogP contribution in [-0.2, 0) is 16.0 Å². The average molecular weight is 411 g/mol. The number of nitrogens with one attached hydrogen (secondary N) is 1. The first-order chi connectivity index (χ1) is 14.5. The number of piperidine rings is 1. The highest BCUT2D eigenvalue weighted by molar-refractivity contribution is 5.90. The number of esters is 1. The molecule has 0 aliphatic carbocycles. The number of aryl methyl sites for hydroxylation is 1. The molecule has 6 nitrogen and oxygen atoms in total. The molecule has 0 aromatic heterocycles. The van der Waals surface area contributed by atoms with Gasteiger partial charge in [0.25, 0.3) is 0 Å². The Labute approximate surface area is 178 Å². The van der Waals surface area contributed by atoms with Gasteiger partial charge in [-0.1, -0.05) is 30.3 Å². The number of anilines is 1. The standard InChI is InChI=1S/C24H30N2O4/c1-4-30-22(27)24(16-19-10-6-5-9-18(19)2)13-8-14-26(17-24)23(28)25-20-11-7-12-21(15-20)29-3/h5-7,9-12,15H,4,8,13-14,16-17H2,1-3H3,(H,25,28)/t24-/m0/s1. The third kappa shape index (κ3) is 4.93. The minimum Gasteiger partial charge on any atom is -0.497 e. The Bertz CT molecular complexity index is 898. The van der Waals surface area contributed by atoms with Crippen molar-refractivity contribution in [1.29, 1.82) is 0 Å². The van der Waals surface area contributed by atoms with Crippen LogP contribution in [0.2, 0.25) is 0 Å². The van der Waals surface area contributed by atoms with Gasteiger partial charge in [0, 0.05) is 24.8 Å². The molecule has 1 heterocycles. The number of methoxy groups -OCH3 is 1. The van der Waals surface area contributed by atoms with Gasteiger partial charge < -0.3 is 19.7 Å². The summed E-state index contributed by atoms with van der Waals surface area (Å²) >= 11 is 0. The Kier molecular flexibility index (Phi) is 6.98. The van der Waals surface area contributed by atoms with Crippen molar-refractivity contribution in [2.75, 3.05) is 32.1 Å². The van der Waals surface area contributed by atoms with E-state index in [1.807, 2.05) is 56.3 Å². The van der Waals surface area contributed by atoms with E-state index in [1.54, 1.807) is 18.1 Å². The van der Waals surface area contributed by atoms with E-state index in [0.29, 0.717) is 44.0 Å². The maximum Gasteiger partial charge on any atom is 0.321 e. The van der Waals surface area contributed by atoms with Crippen molar-refractivity contribution in [3.05, 3.63) is 59.7 Å². The summed E-state index contributed by atoms with van der Waals surface area (Å²) in [5.74, 6) is 0.444. The lowest BCUT2D eigenvalue weighted by Gasteiger charge is -2.41. The topological polar surface area (TPSA) is 67.9 Å². The molecule has 2 amide bonds. The van der Waals surface area contributed by atoms with E-state index >= 15 is 0 Å². The predicted molar refractivity (Wildman–Crippen MR) is 117 cm³/mol. The molecule has 6 heteroatoms. The molecular weight excluding hydrogens is 380 g/mol.